The van der Waals surface area contributed by atoms with Gasteiger partial charge in [0.25, 0.3) is 5.91 Å². The predicted octanol–water partition coefficient (Wildman–Crippen LogP) is 2.30. The van der Waals surface area contributed by atoms with Crippen molar-refractivity contribution in [1.82, 2.24) is 25.0 Å². The zero-order chi connectivity index (χ0) is 21.9. The molecule has 0 atom stereocenters. The Kier molecular flexibility index (Phi) is 6.04. The average molecular weight is 428 g/mol. The van der Waals surface area contributed by atoms with E-state index in [1.165, 1.54) is 0 Å². The standard InChI is InChI=1S/C21H25N5O3S/c1-15-19(20(27)22-14-21(2,3)24-30(4,28)29)23-25-26(15)18-12-10-17(11-13-18)16-8-6-5-7-9-16/h5-13,24H,14H2,1-4H3,(H,22,27). The Labute approximate surface area is 176 Å². The van der Waals surface area contributed by atoms with E-state index in [0.717, 1.165) is 23.1 Å². The number of hydrogen-bond acceptors (Lipinski definition) is 5. The summed E-state index contributed by atoms with van der Waals surface area (Å²) in [5.74, 6) is -0.414. The highest BCUT2D eigenvalue weighted by Gasteiger charge is 2.25. The predicted molar refractivity (Wildman–Crippen MR) is 116 cm³/mol. The highest BCUT2D eigenvalue weighted by molar-refractivity contribution is 7.88. The fourth-order valence-electron chi connectivity index (χ4n) is 3.13. The molecule has 0 fully saturated rings. The molecule has 0 saturated carbocycles. The van der Waals surface area contributed by atoms with Crippen LogP contribution < -0.4 is 10.0 Å². The minimum atomic E-state index is -3.39. The zero-order valence-electron chi connectivity index (χ0n) is 17.4. The Morgan fingerprint density at radius 2 is 1.63 bits per heavy atom. The number of benzene rings is 2. The van der Waals surface area contributed by atoms with Crippen molar-refractivity contribution in [1.29, 1.82) is 0 Å². The smallest absolute Gasteiger partial charge is 0.273 e. The van der Waals surface area contributed by atoms with Gasteiger partial charge in [-0.25, -0.2) is 17.8 Å². The summed E-state index contributed by atoms with van der Waals surface area (Å²) in [6, 6.07) is 17.9. The summed E-state index contributed by atoms with van der Waals surface area (Å²) in [6.45, 7) is 5.25. The fourth-order valence-corrected chi connectivity index (χ4v) is 4.21. The highest BCUT2D eigenvalue weighted by Crippen LogP contribution is 2.21. The van der Waals surface area contributed by atoms with E-state index in [-0.39, 0.29) is 12.2 Å². The van der Waals surface area contributed by atoms with Crippen molar-refractivity contribution in [3.63, 3.8) is 0 Å². The van der Waals surface area contributed by atoms with Crippen LogP contribution in [0.4, 0.5) is 0 Å². The van der Waals surface area contributed by atoms with Gasteiger partial charge in [0.1, 0.15) is 0 Å². The summed E-state index contributed by atoms with van der Waals surface area (Å²) in [5, 5.41) is 10.8. The molecule has 0 radical (unpaired) electrons. The molecular weight excluding hydrogens is 402 g/mol. The Bertz CT molecular complexity index is 1140. The first-order chi connectivity index (χ1) is 14.1. The van der Waals surface area contributed by atoms with Gasteiger partial charge in [0, 0.05) is 12.1 Å². The van der Waals surface area contributed by atoms with Crippen LogP contribution >= 0.6 is 0 Å². The van der Waals surface area contributed by atoms with Crippen LogP contribution in [0, 0.1) is 6.92 Å². The molecule has 3 rings (SSSR count). The van der Waals surface area contributed by atoms with Crippen molar-refractivity contribution in [2.45, 2.75) is 26.3 Å². The van der Waals surface area contributed by atoms with Gasteiger partial charge >= 0.3 is 0 Å². The minimum Gasteiger partial charge on any atom is -0.349 e. The maximum atomic E-state index is 12.6. The molecule has 0 unspecified atom stereocenters. The number of amides is 1. The van der Waals surface area contributed by atoms with Gasteiger partial charge in [-0.15, -0.1) is 5.10 Å². The molecule has 1 amide bonds. The van der Waals surface area contributed by atoms with Crippen LogP contribution in [0.25, 0.3) is 16.8 Å². The lowest BCUT2D eigenvalue weighted by molar-refractivity contribution is 0.0938. The van der Waals surface area contributed by atoms with Gasteiger partial charge in [0.05, 0.1) is 17.6 Å². The summed E-state index contributed by atoms with van der Waals surface area (Å²) < 4.78 is 27.0. The lowest BCUT2D eigenvalue weighted by Gasteiger charge is -2.25. The molecule has 2 aromatic carbocycles. The van der Waals surface area contributed by atoms with E-state index in [4.69, 9.17) is 0 Å². The van der Waals surface area contributed by atoms with Gasteiger partial charge in [0.2, 0.25) is 10.0 Å². The lowest BCUT2D eigenvalue weighted by atomic mass is 10.1. The average Bonchev–Trinajstić information content (AvgIpc) is 3.07. The maximum absolute atomic E-state index is 12.6. The van der Waals surface area contributed by atoms with E-state index in [1.807, 2.05) is 54.6 Å². The third kappa shape index (κ3) is 5.31. The number of nitrogens with zero attached hydrogens (tertiary/aromatic N) is 3. The summed E-state index contributed by atoms with van der Waals surface area (Å²) >= 11 is 0. The Morgan fingerprint density at radius 3 is 2.23 bits per heavy atom. The normalized spacial score (nSPS) is 12.0. The molecule has 9 heteroatoms. The first-order valence-corrected chi connectivity index (χ1v) is 11.3. The molecule has 0 aliphatic rings. The molecule has 2 N–H and O–H groups in total. The van der Waals surface area contributed by atoms with Crippen LogP contribution in [0.3, 0.4) is 0 Å². The molecule has 0 spiro atoms. The molecule has 1 heterocycles. The van der Waals surface area contributed by atoms with Crippen LogP contribution in [0.1, 0.15) is 30.0 Å². The molecular formula is C21H25N5O3S. The maximum Gasteiger partial charge on any atom is 0.273 e. The van der Waals surface area contributed by atoms with E-state index in [0.29, 0.717) is 5.69 Å². The number of carbonyl (C=O) groups excluding carboxylic acids is 1. The van der Waals surface area contributed by atoms with Gasteiger partial charge in [0.15, 0.2) is 5.69 Å². The number of aromatic nitrogens is 3. The molecule has 0 aliphatic carbocycles. The molecule has 30 heavy (non-hydrogen) atoms. The summed E-state index contributed by atoms with van der Waals surface area (Å²) in [4.78, 5) is 12.6. The third-order valence-corrected chi connectivity index (χ3v) is 5.40. The van der Waals surface area contributed by atoms with Crippen molar-refractivity contribution >= 4 is 15.9 Å². The van der Waals surface area contributed by atoms with Gasteiger partial charge in [-0.2, -0.15) is 0 Å². The van der Waals surface area contributed by atoms with Crippen molar-refractivity contribution in [2.24, 2.45) is 0 Å². The van der Waals surface area contributed by atoms with Gasteiger partial charge in [-0.3, -0.25) is 4.79 Å². The van der Waals surface area contributed by atoms with E-state index in [9.17, 15) is 13.2 Å². The second-order valence-corrected chi connectivity index (χ2v) is 9.54. The second kappa shape index (κ2) is 8.37. The van der Waals surface area contributed by atoms with E-state index >= 15 is 0 Å². The number of nitrogens with one attached hydrogen (secondary N) is 2. The Balaban J connectivity index is 1.73. The molecule has 0 aliphatic heterocycles. The van der Waals surface area contributed by atoms with E-state index in [2.05, 4.69) is 20.4 Å². The van der Waals surface area contributed by atoms with E-state index < -0.39 is 21.5 Å². The lowest BCUT2D eigenvalue weighted by Crippen LogP contribution is -2.51. The van der Waals surface area contributed by atoms with Crippen molar-refractivity contribution in [3.8, 4) is 16.8 Å². The molecule has 8 nitrogen and oxygen atoms in total. The molecule has 3 aromatic rings. The SMILES string of the molecule is Cc1c(C(=O)NCC(C)(C)NS(C)(=O)=O)nnn1-c1ccc(-c2ccccc2)cc1. The number of sulfonamides is 1. The summed E-state index contributed by atoms with van der Waals surface area (Å²) in [6.07, 6.45) is 1.08. The van der Waals surface area contributed by atoms with Gasteiger partial charge in [-0.1, -0.05) is 47.7 Å². The third-order valence-electron chi connectivity index (χ3n) is 4.48. The molecule has 1 aromatic heterocycles. The highest BCUT2D eigenvalue weighted by atomic mass is 32.2. The van der Waals surface area contributed by atoms with E-state index in [1.54, 1.807) is 25.5 Å². The van der Waals surface area contributed by atoms with Crippen LogP contribution in [0.15, 0.2) is 54.6 Å². The summed E-state index contributed by atoms with van der Waals surface area (Å²) in [7, 11) is -3.39. The van der Waals surface area contributed by atoms with Crippen LogP contribution in [0.5, 0.6) is 0 Å². The molecule has 158 valence electrons. The second-order valence-electron chi connectivity index (χ2n) is 7.79. The number of hydrogen-bond donors (Lipinski definition) is 2. The van der Waals surface area contributed by atoms with Gasteiger partial charge < -0.3 is 5.32 Å². The quantitative estimate of drug-likeness (QED) is 0.602. The zero-order valence-corrected chi connectivity index (χ0v) is 18.2. The van der Waals surface area contributed by atoms with Crippen LogP contribution in [-0.4, -0.2) is 47.7 Å². The number of rotatable bonds is 7. The first kappa shape index (κ1) is 21.7. The molecule has 0 bridgehead atoms. The number of carbonyl (C=O) groups is 1. The summed E-state index contributed by atoms with van der Waals surface area (Å²) in [5.41, 5.74) is 2.94. The Hall–Kier alpha value is -3.04. The largest absolute Gasteiger partial charge is 0.349 e. The van der Waals surface area contributed by atoms with Crippen LogP contribution in [-0.2, 0) is 10.0 Å². The monoisotopic (exact) mass is 427 g/mol. The fraction of sp³-hybridized carbons (Fsp3) is 0.286. The van der Waals surface area contributed by atoms with Crippen molar-refractivity contribution in [2.75, 3.05) is 12.8 Å². The van der Waals surface area contributed by atoms with Gasteiger partial charge in [-0.05, 0) is 44.0 Å². The molecule has 0 saturated heterocycles. The topological polar surface area (TPSA) is 106 Å². The van der Waals surface area contributed by atoms with Crippen LogP contribution in [0.2, 0.25) is 0 Å². The van der Waals surface area contributed by atoms with Crippen molar-refractivity contribution in [3.05, 3.63) is 66.0 Å². The first-order valence-electron chi connectivity index (χ1n) is 9.41. The minimum absolute atomic E-state index is 0.108. The Morgan fingerprint density at radius 1 is 1.03 bits per heavy atom. The van der Waals surface area contributed by atoms with Crippen molar-refractivity contribution < 1.29 is 13.2 Å².